The van der Waals surface area contributed by atoms with Crippen LogP contribution in [0.5, 0.6) is 0 Å². The number of halogens is 2. The van der Waals surface area contributed by atoms with Crippen molar-refractivity contribution >= 4 is 29.0 Å². The minimum Gasteiger partial charge on any atom is -0.366 e. The number of carbonyl (C=O) groups excluding carboxylic acids is 1. The molecule has 0 fully saturated rings. The van der Waals surface area contributed by atoms with E-state index in [0.717, 1.165) is 0 Å². The quantitative estimate of drug-likeness (QED) is 0.909. The molecular weight excluding hydrogens is 295 g/mol. The van der Waals surface area contributed by atoms with Crippen LogP contribution < -0.4 is 10.6 Å². The van der Waals surface area contributed by atoms with Gasteiger partial charge in [0, 0.05) is 11.7 Å². The molecule has 1 aromatic heterocycles. The van der Waals surface area contributed by atoms with Gasteiger partial charge in [0.25, 0.3) is 5.91 Å². The monoisotopic (exact) mass is 308 g/mol. The summed E-state index contributed by atoms with van der Waals surface area (Å²) in [7, 11) is 0. The van der Waals surface area contributed by atoms with Gasteiger partial charge in [-0.05, 0) is 44.2 Å². The molecule has 2 N–H and O–H groups in total. The summed E-state index contributed by atoms with van der Waals surface area (Å²) in [5, 5.41) is 13.3. The molecule has 2 aromatic rings. The second-order valence-corrected chi connectivity index (χ2v) is 5.09. The average Bonchev–Trinajstić information content (AvgIpc) is 2.43. The Morgan fingerprint density at radius 3 is 2.57 bits per heavy atom. The van der Waals surface area contributed by atoms with Crippen molar-refractivity contribution in [2.45, 2.75) is 19.9 Å². The Bertz CT molecular complexity index is 646. The van der Waals surface area contributed by atoms with E-state index in [4.69, 9.17) is 11.6 Å². The highest BCUT2D eigenvalue weighted by Crippen LogP contribution is 2.19. The van der Waals surface area contributed by atoms with Crippen molar-refractivity contribution < 1.29 is 9.18 Å². The van der Waals surface area contributed by atoms with E-state index in [1.165, 1.54) is 18.2 Å². The van der Waals surface area contributed by atoms with E-state index in [9.17, 15) is 9.18 Å². The normalized spacial score (nSPS) is 10.5. The number of rotatable bonds is 4. The Kier molecular flexibility index (Phi) is 4.70. The molecule has 0 aliphatic rings. The van der Waals surface area contributed by atoms with Crippen LogP contribution in [0.3, 0.4) is 0 Å². The molecule has 0 bridgehead atoms. The molecule has 0 atom stereocenters. The summed E-state index contributed by atoms with van der Waals surface area (Å²) in [4.78, 5) is 12.0. The molecule has 5 nitrogen and oxygen atoms in total. The van der Waals surface area contributed by atoms with Gasteiger partial charge in [-0.15, -0.1) is 10.2 Å². The Morgan fingerprint density at radius 2 is 2.00 bits per heavy atom. The first kappa shape index (κ1) is 15.2. The lowest BCUT2D eigenvalue weighted by molar-refractivity contribution is 0.102. The van der Waals surface area contributed by atoms with Gasteiger partial charge in [0.2, 0.25) is 0 Å². The van der Waals surface area contributed by atoms with Gasteiger partial charge in [-0.1, -0.05) is 11.6 Å². The molecule has 1 amide bonds. The Hall–Kier alpha value is -2.21. The van der Waals surface area contributed by atoms with Crippen LogP contribution in [0.4, 0.5) is 15.9 Å². The van der Waals surface area contributed by atoms with Gasteiger partial charge >= 0.3 is 0 Å². The summed E-state index contributed by atoms with van der Waals surface area (Å²) in [5.41, 5.74) is 0.544. The minimum atomic E-state index is -0.543. The third-order valence-electron chi connectivity index (χ3n) is 2.51. The molecule has 1 aromatic carbocycles. The number of aromatic nitrogens is 2. The number of hydrogen-bond donors (Lipinski definition) is 2. The van der Waals surface area contributed by atoms with Crippen LogP contribution in [0.2, 0.25) is 5.02 Å². The third-order valence-corrected chi connectivity index (χ3v) is 2.80. The minimum absolute atomic E-state index is 0.0598. The zero-order chi connectivity index (χ0) is 15.4. The van der Waals surface area contributed by atoms with Gasteiger partial charge in [-0.25, -0.2) is 4.39 Å². The van der Waals surface area contributed by atoms with Crippen LogP contribution in [0, 0.1) is 5.82 Å². The van der Waals surface area contributed by atoms with Gasteiger partial charge in [0.05, 0.1) is 5.02 Å². The van der Waals surface area contributed by atoms with Gasteiger partial charge in [0.1, 0.15) is 11.6 Å². The largest absolute Gasteiger partial charge is 0.366 e. The molecule has 0 aliphatic carbocycles. The smallest absolute Gasteiger partial charge is 0.276 e. The van der Waals surface area contributed by atoms with Crippen molar-refractivity contribution in [1.82, 2.24) is 10.2 Å². The third kappa shape index (κ3) is 4.13. The molecule has 110 valence electrons. The Morgan fingerprint density at radius 1 is 1.24 bits per heavy atom. The maximum atomic E-state index is 13.0. The molecule has 21 heavy (non-hydrogen) atoms. The number of benzene rings is 1. The lowest BCUT2D eigenvalue weighted by atomic mass is 10.3. The topological polar surface area (TPSA) is 66.9 Å². The SMILES string of the molecule is CC(C)Nc1ccc(C(=O)Nc2ccc(F)c(Cl)c2)nn1. The number of amides is 1. The van der Waals surface area contributed by atoms with Gasteiger partial charge in [0.15, 0.2) is 5.69 Å². The molecule has 0 saturated carbocycles. The van der Waals surface area contributed by atoms with Crippen LogP contribution >= 0.6 is 11.6 Å². The predicted molar refractivity (Wildman–Crippen MR) is 80.2 cm³/mol. The zero-order valence-electron chi connectivity index (χ0n) is 11.5. The number of carbonyl (C=O) groups is 1. The summed E-state index contributed by atoms with van der Waals surface area (Å²) in [6.45, 7) is 3.95. The molecule has 1 heterocycles. The fourth-order valence-corrected chi connectivity index (χ4v) is 1.78. The zero-order valence-corrected chi connectivity index (χ0v) is 12.3. The van der Waals surface area contributed by atoms with Crippen LogP contribution in [0.1, 0.15) is 24.3 Å². The first-order chi connectivity index (χ1) is 9.95. The summed E-state index contributed by atoms with van der Waals surface area (Å²) >= 11 is 5.65. The van der Waals surface area contributed by atoms with E-state index in [1.54, 1.807) is 12.1 Å². The Labute approximate surface area is 126 Å². The van der Waals surface area contributed by atoms with Crippen LogP contribution in [0.25, 0.3) is 0 Å². The first-order valence-electron chi connectivity index (χ1n) is 6.32. The molecule has 0 saturated heterocycles. The lowest BCUT2D eigenvalue weighted by Gasteiger charge is -2.08. The van der Waals surface area contributed by atoms with Crippen LogP contribution in [-0.2, 0) is 0 Å². The van der Waals surface area contributed by atoms with Crippen molar-refractivity contribution in [1.29, 1.82) is 0 Å². The number of nitrogens with zero attached hydrogens (tertiary/aromatic N) is 2. The highest BCUT2D eigenvalue weighted by Gasteiger charge is 2.10. The van der Waals surface area contributed by atoms with Crippen molar-refractivity contribution in [3.05, 3.63) is 46.9 Å². The van der Waals surface area contributed by atoms with E-state index in [-0.39, 0.29) is 16.8 Å². The molecule has 0 spiro atoms. The highest BCUT2D eigenvalue weighted by atomic mass is 35.5. The van der Waals surface area contributed by atoms with Crippen molar-refractivity contribution in [2.75, 3.05) is 10.6 Å². The summed E-state index contributed by atoms with van der Waals surface area (Å²) in [5.74, 6) is -0.397. The van der Waals surface area contributed by atoms with Crippen LogP contribution in [0.15, 0.2) is 30.3 Å². The van der Waals surface area contributed by atoms with Crippen LogP contribution in [-0.4, -0.2) is 22.1 Å². The van der Waals surface area contributed by atoms with Gasteiger partial charge in [-0.3, -0.25) is 4.79 Å². The summed E-state index contributed by atoms with van der Waals surface area (Å²) in [6, 6.07) is 7.37. The molecule has 0 radical (unpaired) electrons. The fourth-order valence-electron chi connectivity index (χ4n) is 1.60. The predicted octanol–water partition coefficient (Wildman–Crippen LogP) is 3.34. The number of nitrogens with one attached hydrogen (secondary N) is 2. The van der Waals surface area contributed by atoms with E-state index < -0.39 is 11.7 Å². The lowest BCUT2D eigenvalue weighted by Crippen LogP contribution is -2.16. The number of hydrogen-bond acceptors (Lipinski definition) is 4. The fraction of sp³-hybridized carbons (Fsp3) is 0.214. The second kappa shape index (κ2) is 6.49. The molecule has 0 unspecified atom stereocenters. The molecular formula is C14H14ClFN4O. The molecule has 7 heteroatoms. The van der Waals surface area contributed by atoms with E-state index in [1.807, 2.05) is 13.8 Å². The van der Waals surface area contributed by atoms with Gasteiger partial charge < -0.3 is 10.6 Å². The maximum Gasteiger partial charge on any atom is 0.276 e. The number of anilines is 2. The second-order valence-electron chi connectivity index (χ2n) is 4.69. The first-order valence-corrected chi connectivity index (χ1v) is 6.70. The van der Waals surface area contributed by atoms with Crippen molar-refractivity contribution in [3.63, 3.8) is 0 Å². The molecule has 2 rings (SSSR count). The average molecular weight is 309 g/mol. The van der Waals surface area contributed by atoms with E-state index >= 15 is 0 Å². The standard InChI is InChI=1S/C14H14ClFN4O/c1-8(2)17-13-6-5-12(19-20-13)14(21)18-9-3-4-11(16)10(15)7-9/h3-8H,1-2H3,(H,17,20)(H,18,21). The molecule has 0 aliphatic heterocycles. The highest BCUT2D eigenvalue weighted by molar-refractivity contribution is 6.31. The van der Waals surface area contributed by atoms with Gasteiger partial charge in [-0.2, -0.15) is 0 Å². The van der Waals surface area contributed by atoms with E-state index in [2.05, 4.69) is 20.8 Å². The Balaban J connectivity index is 2.07. The van der Waals surface area contributed by atoms with Crippen molar-refractivity contribution in [3.8, 4) is 0 Å². The summed E-state index contributed by atoms with van der Waals surface area (Å²) in [6.07, 6.45) is 0. The summed E-state index contributed by atoms with van der Waals surface area (Å²) < 4.78 is 13.0. The van der Waals surface area contributed by atoms with Crippen molar-refractivity contribution in [2.24, 2.45) is 0 Å². The maximum absolute atomic E-state index is 13.0. The van der Waals surface area contributed by atoms with E-state index in [0.29, 0.717) is 11.5 Å².